The number of carbonyl (C=O) groups is 1. The lowest BCUT2D eigenvalue weighted by atomic mass is 10.1. The van der Waals surface area contributed by atoms with Gasteiger partial charge in [-0.3, -0.25) is 4.57 Å². The lowest BCUT2D eigenvalue weighted by Gasteiger charge is -2.40. The molecular formula is C12H18F3N5O3. The van der Waals surface area contributed by atoms with Crippen molar-refractivity contribution in [1.82, 2.24) is 25.0 Å². The number of urea groups is 1. The van der Waals surface area contributed by atoms with Gasteiger partial charge in [0.25, 0.3) is 0 Å². The number of H-pyrrole nitrogens is 1. The molecule has 1 aromatic rings. The minimum Gasteiger partial charge on any atom is -0.365 e. The van der Waals surface area contributed by atoms with Crippen LogP contribution in [0.5, 0.6) is 0 Å². The highest BCUT2D eigenvalue weighted by molar-refractivity contribution is 5.75. The quantitative estimate of drug-likeness (QED) is 0.823. The van der Waals surface area contributed by atoms with Gasteiger partial charge >= 0.3 is 17.9 Å². The number of rotatable bonds is 2. The lowest BCUT2D eigenvalue weighted by Crippen LogP contribution is -2.59. The van der Waals surface area contributed by atoms with Gasteiger partial charge in [-0.1, -0.05) is 0 Å². The van der Waals surface area contributed by atoms with Crippen molar-refractivity contribution in [1.29, 1.82) is 0 Å². The number of hydrogen-bond acceptors (Lipinski definition) is 4. The first-order chi connectivity index (χ1) is 10.6. The van der Waals surface area contributed by atoms with Gasteiger partial charge in [-0.2, -0.15) is 18.3 Å². The highest BCUT2D eigenvalue weighted by Gasteiger charge is 2.49. The van der Waals surface area contributed by atoms with E-state index in [-0.39, 0.29) is 19.0 Å². The Morgan fingerprint density at radius 3 is 2.70 bits per heavy atom. The molecule has 2 heterocycles. The fourth-order valence-corrected chi connectivity index (χ4v) is 2.52. The van der Waals surface area contributed by atoms with Crippen LogP contribution in [-0.4, -0.2) is 57.2 Å². The third-order valence-corrected chi connectivity index (χ3v) is 3.78. The van der Waals surface area contributed by atoms with Crippen LogP contribution < -0.4 is 11.0 Å². The Hall–Kier alpha value is -2.04. The lowest BCUT2D eigenvalue weighted by molar-refractivity contribution is -0.246. The van der Waals surface area contributed by atoms with E-state index in [0.717, 1.165) is 4.90 Å². The zero-order chi connectivity index (χ0) is 17.4. The molecule has 1 aliphatic rings. The average molecular weight is 337 g/mol. The molecule has 2 N–H and O–H groups in total. The average Bonchev–Trinajstić information content (AvgIpc) is 2.77. The molecule has 0 radical (unpaired) electrons. The largest absolute Gasteiger partial charge is 0.416 e. The summed E-state index contributed by atoms with van der Waals surface area (Å²) in [5, 5.41) is 8.55. The maximum Gasteiger partial charge on any atom is 0.416 e. The first kappa shape index (κ1) is 17.3. The van der Waals surface area contributed by atoms with Gasteiger partial charge in [0.05, 0.1) is 18.7 Å². The highest BCUT2D eigenvalue weighted by Crippen LogP contribution is 2.30. The molecule has 1 aliphatic heterocycles. The number of ether oxygens (including phenoxy) is 1. The van der Waals surface area contributed by atoms with Gasteiger partial charge in [-0.15, -0.1) is 0 Å². The molecule has 23 heavy (non-hydrogen) atoms. The third-order valence-electron chi connectivity index (χ3n) is 3.78. The van der Waals surface area contributed by atoms with Crippen LogP contribution in [0.25, 0.3) is 0 Å². The van der Waals surface area contributed by atoms with Crippen LogP contribution in [0.15, 0.2) is 4.79 Å². The second-order valence-electron chi connectivity index (χ2n) is 5.38. The number of carbonyl (C=O) groups excluding carboxylic acids is 1. The Labute approximate surface area is 129 Å². The van der Waals surface area contributed by atoms with Crippen molar-refractivity contribution in [3.8, 4) is 0 Å². The van der Waals surface area contributed by atoms with Crippen molar-refractivity contribution in [2.24, 2.45) is 7.05 Å². The molecule has 3 atom stereocenters. The number of morpholine rings is 1. The van der Waals surface area contributed by atoms with E-state index < -0.39 is 36.1 Å². The first-order valence-corrected chi connectivity index (χ1v) is 6.99. The molecular weight excluding hydrogens is 319 g/mol. The number of aromatic nitrogens is 3. The second-order valence-corrected chi connectivity index (χ2v) is 5.38. The number of nitrogens with zero attached hydrogens (tertiary/aromatic N) is 3. The molecule has 1 fully saturated rings. The van der Waals surface area contributed by atoms with E-state index in [9.17, 15) is 22.8 Å². The molecule has 2 amide bonds. The van der Waals surface area contributed by atoms with Gasteiger partial charge in [0.1, 0.15) is 0 Å². The van der Waals surface area contributed by atoms with Gasteiger partial charge in [0.2, 0.25) is 0 Å². The number of nitrogens with one attached hydrogen (secondary N) is 2. The molecule has 11 heteroatoms. The fourth-order valence-electron chi connectivity index (χ4n) is 2.52. The summed E-state index contributed by atoms with van der Waals surface area (Å²) in [5.41, 5.74) is -0.446. The minimum absolute atomic E-state index is 0.0474. The topological polar surface area (TPSA) is 92.2 Å². The molecule has 0 aliphatic carbocycles. The predicted octanol–water partition coefficient (Wildman–Crippen LogP) is 0.531. The summed E-state index contributed by atoms with van der Waals surface area (Å²) in [5.74, 6) is 0.275. The number of halogens is 3. The molecule has 1 aromatic heterocycles. The summed E-state index contributed by atoms with van der Waals surface area (Å²) in [6.45, 7) is 2.72. The van der Waals surface area contributed by atoms with E-state index in [2.05, 4.69) is 15.5 Å². The van der Waals surface area contributed by atoms with Crippen LogP contribution in [0.3, 0.4) is 0 Å². The molecule has 0 saturated carbocycles. The van der Waals surface area contributed by atoms with Gasteiger partial charge in [-0.25, -0.2) is 14.7 Å². The van der Waals surface area contributed by atoms with Crippen LogP contribution in [0, 0.1) is 0 Å². The van der Waals surface area contributed by atoms with Crippen molar-refractivity contribution < 1.29 is 22.7 Å². The van der Waals surface area contributed by atoms with Crippen LogP contribution >= 0.6 is 0 Å². The van der Waals surface area contributed by atoms with E-state index in [0.29, 0.717) is 0 Å². The Bertz CT molecular complexity index is 626. The third kappa shape index (κ3) is 3.49. The predicted molar refractivity (Wildman–Crippen MR) is 72.7 cm³/mol. The Morgan fingerprint density at radius 1 is 1.52 bits per heavy atom. The molecule has 2 rings (SSSR count). The maximum atomic E-state index is 12.9. The highest BCUT2D eigenvalue weighted by atomic mass is 19.4. The molecule has 130 valence electrons. The smallest absolute Gasteiger partial charge is 0.365 e. The Morgan fingerprint density at radius 2 is 2.17 bits per heavy atom. The fraction of sp³-hybridized carbons (Fsp3) is 0.750. The minimum atomic E-state index is -4.55. The maximum absolute atomic E-state index is 12.9. The molecule has 0 aromatic carbocycles. The number of amides is 2. The molecule has 0 bridgehead atoms. The zero-order valence-corrected chi connectivity index (χ0v) is 12.8. The Balaban J connectivity index is 2.08. The summed E-state index contributed by atoms with van der Waals surface area (Å²) in [4.78, 5) is 24.6. The SMILES string of the molecule is CC(NC(=O)N1CCO[C@H](C(F)(F)F)[C@@H]1C)c1n[nH]c(=O)n1C. The van der Waals surface area contributed by atoms with Crippen LogP contribution in [0.2, 0.25) is 0 Å². The van der Waals surface area contributed by atoms with Crippen molar-refractivity contribution >= 4 is 6.03 Å². The molecule has 1 unspecified atom stereocenters. The number of hydrogen-bond donors (Lipinski definition) is 2. The summed E-state index contributed by atoms with van der Waals surface area (Å²) in [7, 11) is 1.47. The van der Waals surface area contributed by atoms with Crippen LogP contribution in [-0.2, 0) is 11.8 Å². The van der Waals surface area contributed by atoms with Crippen molar-refractivity contribution in [2.45, 2.75) is 38.2 Å². The zero-order valence-electron chi connectivity index (χ0n) is 12.8. The van der Waals surface area contributed by atoms with Gasteiger partial charge in [0, 0.05) is 13.6 Å². The van der Waals surface area contributed by atoms with Crippen LogP contribution in [0.4, 0.5) is 18.0 Å². The van der Waals surface area contributed by atoms with Gasteiger partial charge in [-0.05, 0) is 13.8 Å². The molecule has 0 spiro atoms. The first-order valence-electron chi connectivity index (χ1n) is 6.99. The van der Waals surface area contributed by atoms with Gasteiger partial charge in [0.15, 0.2) is 11.9 Å². The van der Waals surface area contributed by atoms with E-state index in [4.69, 9.17) is 4.74 Å². The number of aromatic amines is 1. The second kappa shape index (κ2) is 6.22. The number of alkyl halides is 3. The standard InChI is InChI=1S/C12H18F3N5O3/c1-6(9-17-18-11(22)19(9)3)16-10(21)20-4-5-23-8(7(20)2)12(13,14)15/h6-8H,4-5H2,1-3H3,(H,16,21)(H,18,22)/t6?,7-,8-/m0/s1. The molecule has 8 nitrogen and oxygen atoms in total. The van der Waals surface area contributed by atoms with E-state index in [1.165, 1.54) is 18.5 Å². The van der Waals surface area contributed by atoms with Crippen molar-refractivity contribution in [2.75, 3.05) is 13.2 Å². The monoisotopic (exact) mass is 337 g/mol. The summed E-state index contributed by atoms with van der Waals surface area (Å²) >= 11 is 0. The summed E-state index contributed by atoms with van der Waals surface area (Å²) < 4.78 is 44.6. The van der Waals surface area contributed by atoms with Crippen molar-refractivity contribution in [3.63, 3.8) is 0 Å². The van der Waals surface area contributed by atoms with Gasteiger partial charge < -0.3 is 15.0 Å². The summed E-state index contributed by atoms with van der Waals surface area (Å²) in [6.07, 6.45) is -6.57. The molecule has 1 saturated heterocycles. The van der Waals surface area contributed by atoms with E-state index in [1.807, 2.05) is 0 Å². The van der Waals surface area contributed by atoms with Crippen LogP contribution in [0.1, 0.15) is 25.7 Å². The van der Waals surface area contributed by atoms with E-state index in [1.54, 1.807) is 6.92 Å². The van der Waals surface area contributed by atoms with E-state index >= 15 is 0 Å². The van der Waals surface area contributed by atoms with Crippen molar-refractivity contribution in [3.05, 3.63) is 16.3 Å². The Kier molecular flexibility index (Phi) is 4.68. The normalized spacial score (nSPS) is 23.7. The summed E-state index contributed by atoms with van der Waals surface area (Å²) in [6, 6.07) is -2.47.